The van der Waals surface area contributed by atoms with Crippen molar-refractivity contribution in [1.29, 1.82) is 0 Å². The fourth-order valence-electron chi connectivity index (χ4n) is 3.27. The number of anilines is 1. The Morgan fingerprint density at radius 2 is 1.70 bits per heavy atom. The van der Waals surface area contributed by atoms with Crippen molar-refractivity contribution in [2.75, 3.05) is 31.1 Å². The zero-order valence-corrected chi connectivity index (χ0v) is 16.1. The highest BCUT2D eigenvalue weighted by Gasteiger charge is 2.20. The SMILES string of the molecule is CCn1c(-c2ccncc2)nn(CN2CCN(c3ncccn3)CC2)c1=S. The van der Waals surface area contributed by atoms with Crippen molar-refractivity contribution in [3.05, 3.63) is 47.8 Å². The zero-order valence-electron chi connectivity index (χ0n) is 15.3. The maximum atomic E-state index is 5.67. The first-order valence-corrected chi connectivity index (χ1v) is 9.49. The molecule has 1 aliphatic heterocycles. The average molecular weight is 382 g/mol. The molecule has 3 aromatic heterocycles. The zero-order chi connectivity index (χ0) is 18.6. The third kappa shape index (κ3) is 3.74. The molecule has 0 spiro atoms. The Morgan fingerprint density at radius 1 is 1.00 bits per heavy atom. The fraction of sp³-hybridized carbons (Fsp3) is 0.389. The summed E-state index contributed by atoms with van der Waals surface area (Å²) >= 11 is 5.67. The van der Waals surface area contributed by atoms with Crippen molar-refractivity contribution >= 4 is 18.2 Å². The quantitative estimate of drug-likeness (QED) is 0.626. The van der Waals surface area contributed by atoms with Crippen molar-refractivity contribution in [3.8, 4) is 11.4 Å². The molecule has 1 saturated heterocycles. The van der Waals surface area contributed by atoms with Gasteiger partial charge in [-0.05, 0) is 37.3 Å². The summed E-state index contributed by atoms with van der Waals surface area (Å²) < 4.78 is 4.74. The minimum absolute atomic E-state index is 0.688. The van der Waals surface area contributed by atoms with Gasteiger partial charge in [-0.25, -0.2) is 14.6 Å². The van der Waals surface area contributed by atoms with Crippen LogP contribution in [0.2, 0.25) is 0 Å². The lowest BCUT2D eigenvalue weighted by Gasteiger charge is -2.34. The summed E-state index contributed by atoms with van der Waals surface area (Å²) in [4.78, 5) is 17.3. The lowest BCUT2D eigenvalue weighted by Crippen LogP contribution is -2.47. The molecule has 1 aliphatic rings. The van der Waals surface area contributed by atoms with E-state index in [1.165, 1.54) is 0 Å². The first-order valence-electron chi connectivity index (χ1n) is 9.08. The van der Waals surface area contributed by atoms with Crippen LogP contribution in [0.25, 0.3) is 11.4 Å². The van der Waals surface area contributed by atoms with Crippen molar-refractivity contribution in [2.24, 2.45) is 0 Å². The molecule has 0 saturated carbocycles. The maximum absolute atomic E-state index is 5.67. The van der Waals surface area contributed by atoms with Gasteiger partial charge in [0, 0.05) is 63.1 Å². The highest BCUT2D eigenvalue weighted by molar-refractivity contribution is 7.71. The number of pyridine rings is 1. The van der Waals surface area contributed by atoms with Gasteiger partial charge in [0.1, 0.15) is 0 Å². The van der Waals surface area contributed by atoms with Crippen LogP contribution in [0.1, 0.15) is 6.92 Å². The molecule has 0 aromatic carbocycles. The summed E-state index contributed by atoms with van der Waals surface area (Å²) in [5.41, 5.74) is 1.03. The standard InChI is InChI=1S/C18H22N8S/c1-2-25-16(15-4-8-19-9-5-15)22-26(18(25)27)14-23-10-12-24(13-11-23)17-20-6-3-7-21-17/h3-9H,2,10-14H2,1H3. The molecule has 0 atom stereocenters. The summed E-state index contributed by atoms with van der Waals surface area (Å²) in [7, 11) is 0. The molecular formula is C18H22N8S. The Kier molecular flexibility index (Phi) is 5.21. The lowest BCUT2D eigenvalue weighted by molar-refractivity contribution is 0.193. The van der Waals surface area contributed by atoms with Gasteiger partial charge in [0.15, 0.2) is 10.6 Å². The van der Waals surface area contributed by atoms with E-state index in [0.717, 1.165) is 54.8 Å². The molecule has 1 fully saturated rings. The van der Waals surface area contributed by atoms with Crippen molar-refractivity contribution in [3.63, 3.8) is 0 Å². The van der Waals surface area contributed by atoms with Crippen LogP contribution in [-0.4, -0.2) is 60.4 Å². The molecule has 9 heteroatoms. The lowest BCUT2D eigenvalue weighted by atomic mass is 10.2. The first kappa shape index (κ1) is 17.7. The average Bonchev–Trinajstić information content (AvgIpc) is 3.05. The molecule has 27 heavy (non-hydrogen) atoms. The fourth-order valence-corrected chi connectivity index (χ4v) is 3.58. The summed E-state index contributed by atoms with van der Waals surface area (Å²) in [6, 6.07) is 5.77. The van der Waals surface area contributed by atoms with Gasteiger partial charge in [0.2, 0.25) is 5.95 Å². The number of nitrogens with zero attached hydrogens (tertiary/aromatic N) is 8. The normalized spacial score (nSPS) is 15.2. The Balaban J connectivity index is 1.48. The second-order valence-electron chi connectivity index (χ2n) is 6.38. The van der Waals surface area contributed by atoms with E-state index >= 15 is 0 Å². The van der Waals surface area contributed by atoms with E-state index in [1.54, 1.807) is 24.8 Å². The molecule has 4 rings (SSSR count). The molecule has 0 aliphatic carbocycles. The molecule has 0 radical (unpaired) electrons. The Bertz CT molecular complexity index is 929. The van der Waals surface area contributed by atoms with Crippen LogP contribution >= 0.6 is 12.2 Å². The molecule has 0 bridgehead atoms. The predicted molar refractivity (Wildman–Crippen MR) is 106 cm³/mol. The van der Waals surface area contributed by atoms with E-state index in [2.05, 4.69) is 36.2 Å². The number of hydrogen-bond donors (Lipinski definition) is 0. The van der Waals surface area contributed by atoms with Gasteiger partial charge >= 0.3 is 0 Å². The molecular weight excluding hydrogens is 360 g/mol. The maximum Gasteiger partial charge on any atom is 0.225 e. The van der Waals surface area contributed by atoms with Crippen LogP contribution < -0.4 is 4.90 Å². The minimum Gasteiger partial charge on any atom is -0.338 e. The largest absolute Gasteiger partial charge is 0.338 e. The summed E-state index contributed by atoms with van der Waals surface area (Å²) in [5, 5.41) is 4.79. The van der Waals surface area contributed by atoms with Gasteiger partial charge < -0.3 is 9.47 Å². The van der Waals surface area contributed by atoms with Crippen LogP contribution in [0.3, 0.4) is 0 Å². The topological polar surface area (TPSA) is 67.9 Å². The third-order valence-electron chi connectivity index (χ3n) is 4.72. The molecule has 140 valence electrons. The number of hydrogen-bond acceptors (Lipinski definition) is 7. The number of rotatable bonds is 5. The van der Waals surface area contributed by atoms with Gasteiger partial charge in [0.25, 0.3) is 0 Å². The van der Waals surface area contributed by atoms with Gasteiger partial charge in [-0.2, -0.15) is 5.10 Å². The molecule has 0 unspecified atom stereocenters. The van der Waals surface area contributed by atoms with Gasteiger partial charge in [-0.15, -0.1) is 0 Å². The second-order valence-corrected chi connectivity index (χ2v) is 6.75. The van der Waals surface area contributed by atoms with Crippen LogP contribution in [0, 0.1) is 4.77 Å². The van der Waals surface area contributed by atoms with Crippen LogP contribution in [0.15, 0.2) is 43.0 Å². The predicted octanol–water partition coefficient (Wildman–Crippen LogP) is 2.07. The van der Waals surface area contributed by atoms with Crippen molar-refractivity contribution in [2.45, 2.75) is 20.1 Å². The smallest absolute Gasteiger partial charge is 0.225 e. The van der Waals surface area contributed by atoms with Crippen LogP contribution in [0.4, 0.5) is 5.95 Å². The van der Waals surface area contributed by atoms with E-state index in [0.29, 0.717) is 6.67 Å². The van der Waals surface area contributed by atoms with E-state index in [4.69, 9.17) is 17.3 Å². The highest BCUT2D eigenvalue weighted by Crippen LogP contribution is 2.18. The highest BCUT2D eigenvalue weighted by atomic mass is 32.1. The van der Waals surface area contributed by atoms with Crippen molar-refractivity contribution in [1.82, 2.24) is 34.2 Å². The monoisotopic (exact) mass is 382 g/mol. The molecule has 3 aromatic rings. The van der Waals surface area contributed by atoms with Crippen LogP contribution in [0.5, 0.6) is 0 Å². The Hall–Kier alpha value is -2.65. The van der Waals surface area contributed by atoms with Gasteiger partial charge in [-0.3, -0.25) is 9.88 Å². The number of aromatic nitrogens is 6. The molecule has 8 nitrogen and oxygen atoms in total. The Labute approximate surface area is 163 Å². The molecule has 0 N–H and O–H groups in total. The number of piperazine rings is 1. The van der Waals surface area contributed by atoms with Crippen molar-refractivity contribution < 1.29 is 0 Å². The summed E-state index contributed by atoms with van der Waals surface area (Å²) in [6.07, 6.45) is 7.13. The van der Waals surface area contributed by atoms with E-state index in [1.807, 2.05) is 22.9 Å². The van der Waals surface area contributed by atoms with E-state index in [9.17, 15) is 0 Å². The molecule has 0 amide bonds. The van der Waals surface area contributed by atoms with E-state index < -0.39 is 0 Å². The second kappa shape index (κ2) is 7.93. The third-order valence-corrected chi connectivity index (χ3v) is 5.15. The Morgan fingerprint density at radius 3 is 2.37 bits per heavy atom. The van der Waals surface area contributed by atoms with Gasteiger partial charge in [0.05, 0.1) is 6.67 Å². The molecule has 4 heterocycles. The first-order chi connectivity index (χ1) is 13.3. The van der Waals surface area contributed by atoms with Gasteiger partial charge in [-0.1, -0.05) is 0 Å². The summed E-state index contributed by atoms with van der Waals surface area (Å²) in [6.45, 7) is 7.19. The van der Waals surface area contributed by atoms with E-state index in [-0.39, 0.29) is 0 Å². The minimum atomic E-state index is 0.688. The summed E-state index contributed by atoms with van der Waals surface area (Å²) in [5.74, 6) is 1.69. The van der Waals surface area contributed by atoms with Crippen LogP contribution in [-0.2, 0) is 13.2 Å².